The lowest BCUT2D eigenvalue weighted by Gasteiger charge is -2.39. The first-order valence-electron chi connectivity index (χ1n) is 8.64. The Morgan fingerprint density at radius 1 is 1.27 bits per heavy atom. The van der Waals surface area contributed by atoms with Crippen molar-refractivity contribution in [3.05, 3.63) is 0 Å². The number of carbonyl (C=O) groups excluding carboxylic acids is 1. The molecule has 0 N–H and O–H groups in total. The average Bonchev–Trinajstić information content (AvgIpc) is 2.69. The fraction of sp³-hybridized carbons (Fsp3) is 0.944. The van der Waals surface area contributed by atoms with Gasteiger partial charge in [0.25, 0.3) is 0 Å². The molecule has 2 rings (SSSR count). The van der Waals surface area contributed by atoms with Gasteiger partial charge in [-0.3, -0.25) is 0 Å². The number of carbonyl (C=O) groups is 1. The van der Waals surface area contributed by atoms with Crippen LogP contribution in [-0.4, -0.2) is 69.3 Å². The van der Waals surface area contributed by atoms with Gasteiger partial charge in [-0.15, -0.1) is 0 Å². The third-order valence-corrected chi connectivity index (χ3v) is 6.70. The molecule has 0 unspecified atom stereocenters. The number of rotatable bonds is 6. The first kappa shape index (κ1) is 17.7. The number of hydrogen-bond acceptors (Lipinski definition) is 3. The third kappa shape index (κ3) is 3.18. The molecule has 128 valence electrons. The monoisotopic (exact) mass is 311 g/mol. The largest absolute Gasteiger partial charge is 0.458 e. The van der Waals surface area contributed by atoms with Crippen LogP contribution in [0.15, 0.2) is 0 Å². The molecule has 0 saturated heterocycles. The van der Waals surface area contributed by atoms with Gasteiger partial charge in [0.15, 0.2) is 6.54 Å². The molecule has 2 fully saturated rings. The van der Waals surface area contributed by atoms with E-state index in [9.17, 15) is 4.79 Å². The molecule has 22 heavy (non-hydrogen) atoms. The van der Waals surface area contributed by atoms with Gasteiger partial charge in [0.2, 0.25) is 0 Å². The van der Waals surface area contributed by atoms with E-state index in [1.54, 1.807) is 0 Å². The van der Waals surface area contributed by atoms with Gasteiger partial charge in [0.1, 0.15) is 6.10 Å². The van der Waals surface area contributed by atoms with Gasteiger partial charge in [-0.25, -0.2) is 4.79 Å². The van der Waals surface area contributed by atoms with Crippen molar-refractivity contribution in [1.82, 2.24) is 4.90 Å². The molecule has 0 amide bonds. The highest BCUT2D eigenvalue weighted by Crippen LogP contribution is 2.66. The maximum absolute atomic E-state index is 12.4. The summed E-state index contributed by atoms with van der Waals surface area (Å²) in [5.74, 6) is 0.685. The fourth-order valence-electron chi connectivity index (χ4n) is 4.40. The third-order valence-electron chi connectivity index (χ3n) is 6.70. The molecular weight excluding hydrogens is 276 g/mol. The molecule has 0 aromatic rings. The zero-order chi connectivity index (χ0) is 16.8. The van der Waals surface area contributed by atoms with Gasteiger partial charge in [-0.1, -0.05) is 20.8 Å². The maximum Gasteiger partial charge on any atom is 0.362 e. The number of quaternary nitrogens is 1. The summed E-state index contributed by atoms with van der Waals surface area (Å²) in [6.45, 7) is 9.44. The summed E-state index contributed by atoms with van der Waals surface area (Å²) in [7, 11) is 8.35. The molecule has 0 aromatic carbocycles. The van der Waals surface area contributed by atoms with Gasteiger partial charge in [-0.05, 0) is 44.7 Å². The Hall–Kier alpha value is -0.610. The predicted molar refractivity (Wildman–Crippen MR) is 89.5 cm³/mol. The summed E-state index contributed by atoms with van der Waals surface area (Å²) < 4.78 is 6.65. The van der Waals surface area contributed by atoms with Crippen LogP contribution in [0.5, 0.6) is 0 Å². The minimum Gasteiger partial charge on any atom is -0.458 e. The molecule has 0 heterocycles. The van der Waals surface area contributed by atoms with Crippen molar-refractivity contribution in [1.29, 1.82) is 0 Å². The second kappa shape index (κ2) is 5.79. The molecule has 2 aliphatic carbocycles. The molecule has 2 saturated carbocycles. The van der Waals surface area contributed by atoms with E-state index in [-0.39, 0.29) is 17.5 Å². The molecular formula is C18H35N2O2+. The number of likely N-dealkylation sites (N-methyl/N-ethyl adjacent to an activating group) is 2. The molecule has 0 spiro atoms. The minimum absolute atomic E-state index is 0.0293. The SMILES string of the molecule is CN(C)CC[N+](C)(C)CC(=O)O[C@@H]1C[C@@H]2CC[C@]1(C)C2(C)C. The molecule has 3 atom stereocenters. The van der Waals surface area contributed by atoms with Crippen LogP contribution in [0.25, 0.3) is 0 Å². The van der Waals surface area contributed by atoms with Gasteiger partial charge in [0, 0.05) is 12.0 Å². The Morgan fingerprint density at radius 3 is 2.36 bits per heavy atom. The van der Waals surface area contributed by atoms with Crippen LogP contribution in [0.3, 0.4) is 0 Å². The van der Waals surface area contributed by atoms with Crippen LogP contribution in [0.4, 0.5) is 0 Å². The summed E-state index contributed by atoms with van der Waals surface area (Å²) in [5.41, 5.74) is 0.460. The second-order valence-corrected chi connectivity index (χ2v) is 9.21. The van der Waals surface area contributed by atoms with Gasteiger partial charge in [0.05, 0.1) is 20.6 Å². The van der Waals surface area contributed by atoms with E-state index < -0.39 is 0 Å². The van der Waals surface area contributed by atoms with Crippen molar-refractivity contribution < 1.29 is 14.0 Å². The highest BCUT2D eigenvalue weighted by molar-refractivity contribution is 5.71. The first-order valence-corrected chi connectivity index (χ1v) is 8.64. The molecule has 4 nitrogen and oxygen atoms in total. The minimum atomic E-state index is -0.0293. The van der Waals surface area contributed by atoms with E-state index in [1.807, 2.05) is 0 Å². The van der Waals surface area contributed by atoms with E-state index in [4.69, 9.17) is 4.74 Å². The summed E-state index contributed by atoms with van der Waals surface area (Å²) in [6, 6.07) is 0. The Kier molecular flexibility index (Phi) is 4.67. The summed E-state index contributed by atoms with van der Waals surface area (Å²) in [4.78, 5) is 14.6. The zero-order valence-corrected chi connectivity index (χ0v) is 15.6. The van der Waals surface area contributed by atoms with Gasteiger partial charge < -0.3 is 14.1 Å². The van der Waals surface area contributed by atoms with Gasteiger partial charge in [-0.2, -0.15) is 0 Å². The van der Waals surface area contributed by atoms with E-state index in [0.717, 1.165) is 19.5 Å². The Bertz CT molecular complexity index is 431. The van der Waals surface area contributed by atoms with Crippen LogP contribution in [-0.2, 0) is 9.53 Å². The van der Waals surface area contributed by atoms with Gasteiger partial charge >= 0.3 is 5.97 Å². The fourth-order valence-corrected chi connectivity index (χ4v) is 4.40. The highest BCUT2D eigenvalue weighted by Gasteiger charge is 2.62. The number of ether oxygens (including phenoxy) is 1. The van der Waals surface area contributed by atoms with E-state index in [0.29, 0.717) is 22.4 Å². The lowest BCUT2D eigenvalue weighted by molar-refractivity contribution is -0.882. The average molecular weight is 311 g/mol. The van der Waals surface area contributed by atoms with E-state index in [2.05, 4.69) is 53.9 Å². The van der Waals surface area contributed by atoms with E-state index >= 15 is 0 Å². The molecule has 2 aliphatic rings. The molecule has 2 bridgehead atoms. The van der Waals surface area contributed by atoms with Crippen LogP contribution >= 0.6 is 0 Å². The van der Waals surface area contributed by atoms with Crippen LogP contribution in [0.2, 0.25) is 0 Å². The molecule has 0 radical (unpaired) electrons. The smallest absolute Gasteiger partial charge is 0.362 e. The number of hydrogen-bond donors (Lipinski definition) is 0. The Labute approximate surface area is 136 Å². The normalized spacial score (nSPS) is 33.5. The van der Waals surface area contributed by atoms with Crippen LogP contribution < -0.4 is 0 Å². The molecule has 4 heteroatoms. The first-order chi connectivity index (χ1) is 9.98. The highest BCUT2D eigenvalue weighted by atomic mass is 16.5. The maximum atomic E-state index is 12.4. The number of nitrogens with zero attached hydrogens (tertiary/aromatic N) is 2. The lowest BCUT2D eigenvalue weighted by atomic mass is 9.70. The van der Waals surface area contributed by atoms with Crippen molar-refractivity contribution in [2.45, 2.75) is 46.1 Å². The topological polar surface area (TPSA) is 29.5 Å². The molecule has 0 aromatic heterocycles. The number of fused-ring (bicyclic) bond motifs is 2. The van der Waals surface area contributed by atoms with Crippen molar-refractivity contribution in [2.24, 2.45) is 16.7 Å². The van der Waals surface area contributed by atoms with Crippen LogP contribution in [0.1, 0.15) is 40.0 Å². The van der Waals surface area contributed by atoms with E-state index in [1.165, 1.54) is 12.8 Å². The lowest BCUT2D eigenvalue weighted by Crippen LogP contribution is -2.49. The quantitative estimate of drug-likeness (QED) is 0.557. The predicted octanol–water partition coefficient (Wildman–Crippen LogP) is 2.38. The summed E-state index contributed by atoms with van der Waals surface area (Å²) in [5, 5.41) is 0. The summed E-state index contributed by atoms with van der Waals surface area (Å²) >= 11 is 0. The summed E-state index contributed by atoms with van der Waals surface area (Å²) in [6.07, 6.45) is 3.66. The van der Waals surface area contributed by atoms with Crippen molar-refractivity contribution in [3.8, 4) is 0 Å². The van der Waals surface area contributed by atoms with Crippen molar-refractivity contribution in [3.63, 3.8) is 0 Å². The standard InChI is InChI=1S/C18H35N2O2/c1-17(2)14-8-9-18(17,3)15(12-14)22-16(21)13-20(6,7)11-10-19(4)5/h14-15H,8-13H2,1-7H3/q+1/t14-,15+,18-/m0/s1. The zero-order valence-electron chi connectivity index (χ0n) is 15.6. The Morgan fingerprint density at radius 2 is 1.91 bits per heavy atom. The number of esters is 1. The van der Waals surface area contributed by atoms with Crippen LogP contribution in [0, 0.1) is 16.7 Å². The second-order valence-electron chi connectivity index (χ2n) is 9.21. The Balaban J connectivity index is 1.91. The molecule has 0 aliphatic heterocycles. The van der Waals surface area contributed by atoms with Crippen molar-refractivity contribution >= 4 is 5.97 Å². The van der Waals surface area contributed by atoms with Crippen molar-refractivity contribution in [2.75, 3.05) is 47.8 Å².